The lowest BCUT2D eigenvalue weighted by Gasteiger charge is -2.40. The highest BCUT2D eigenvalue weighted by Gasteiger charge is 2.31. The van der Waals surface area contributed by atoms with Gasteiger partial charge < -0.3 is 11.1 Å². The molecule has 4 heteroatoms. The van der Waals surface area contributed by atoms with E-state index < -0.39 is 6.04 Å². The van der Waals surface area contributed by atoms with Crippen molar-refractivity contribution in [3.05, 3.63) is 35.9 Å². The Balaban J connectivity index is 2.05. The Morgan fingerprint density at radius 1 is 1.32 bits per heavy atom. The summed E-state index contributed by atoms with van der Waals surface area (Å²) in [6, 6.07) is 10.7. The molecule has 1 aromatic rings. The Labute approximate surface area is 134 Å². The highest BCUT2D eigenvalue weighted by Crippen LogP contribution is 2.24. The summed E-state index contributed by atoms with van der Waals surface area (Å²) in [4.78, 5) is 14.5. The molecular formula is C18H29N3O. The summed E-state index contributed by atoms with van der Waals surface area (Å²) in [6.45, 7) is 5.87. The molecule has 1 aromatic carbocycles. The van der Waals surface area contributed by atoms with E-state index >= 15 is 0 Å². The molecule has 1 aliphatic rings. The van der Waals surface area contributed by atoms with Gasteiger partial charge in [-0.3, -0.25) is 9.69 Å². The average Bonchev–Trinajstić information content (AvgIpc) is 2.54. The average molecular weight is 303 g/mol. The van der Waals surface area contributed by atoms with E-state index in [1.165, 1.54) is 18.4 Å². The van der Waals surface area contributed by atoms with Gasteiger partial charge in [-0.05, 0) is 31.9 Å². The van der Waals surface area contributed by atoms with E-state index in [9.17, 15) is 4.79 Å². The maximum atomic E-state index is 12.0. The van der Waals surface area contributed by atoms with Gasteiger partial charge in [0.15, 0.2) is 0 Å². The smallest absolute Gasteiger partial charge is 0.236 e. The molecule has 0 aliphatic heterocycles. The zero-order valence-electron chi connectivity index (χ0n) is 13.8. The number of benzene rings is 1. The van der Waals surface area contributed by atoms with E-state index in [2.05, 4.69) is 41.4 Å². The standard InChI is InChI=1S/C18H29N3O/c1-3-21(13-15-9-5-4-6-10-15)17-12-8-7-11-16(17)20-18(22)14(2)19/h4-6,9-10,14,16-17H,3,7-8,11-13,19H2,1-2H3,(H,20,22)/t14-,16-,17+/m0/s1. The zero-order valence-corrected chi connectivity index (χ0v) is 13.8. The maximum absolute atomic E-state index is 12.0. The van der Waals surface area contributed by atoms with Crippen LogP contribution >= 0.6 is 0 Å². The number of amides is 1. The van der Waals surface area contributed by atoms with Crippen molar-refractivity contribution in [3.8, 4) is 0 Å². The van der Waals surface area contributed by atoms with Crippen molar-refractivity contribution in [1.82, 2.24) is 10.2 Å². The Morgan fingerprint density at radius 2 is 2.00 bits per heavy atom. The fraction of sp³-hybridized carbons (Fsp3) is 0.611. The van der Waals surface area contributed by atoms with Gasteiger partial charge in [-0.2, -0.15) is 0 Å². The van der Waals surface area contributed by atoms with Gasteiger partial charge in [0.2, 0.25) is 5.91 Å². The van der Waals surface area contributed by atoms with Crippen LogP contribution in [0.25, 0.3) is 0 Å². The van der Waals surface area contributed by atoms with Crippen molar-refractivity contribution in [2.24, 2.45) is 5.73 Å². The van der Waals surface area contributed by atoms with Gasteiger partial charge in [0, 0.05) is 18.6 Å². The normalized spacial score (nSPS) is 23.3. The number of rotatable bonds is 6. The van der Waals surface area contributed by atoms with Crippen molar-refractivity contribution in [1.29, 1.82) is 0 Å². The molecule has 0 unspecified atom stereocenters. The first-order chi connectivity index (χ1) is 10.6. The fourth-order valence-corrected chi connectivity index (χ4v) is 3.31. The quantitative estimate of drug-likeness (QED) is 0.847. The second kappa shape index (κ2) is 8.30. The van der Waals surface area contributed by atoms with Gasteiger partial charge in [-0.15, -0.1) is 0 Å². The SMILES string of the molecule is CCN(Cc1ccccc1)[C@@H]1CCCC[C@@H]1NC(=O)[C@H](C)N. The highest BCUT2D eigenvalue weighted by molar-refractivity contribution is 5.81. The third kappa shape index (κ3) is 4.55. The summed E-state index contributed by atoms with van der Waals surface area (Å²) in [5, 5.41) is 3.16. The number of nitrogens with one attached hydrogen (secondary N) is 1. The Bertz CT molecular complexity index is 461. The van der Waals surface area contributed by atoms with Crippen molar-refractivity contribution in [3.63, 3.8) is 0 Å². The number of nitrogens with zero attached hydrogens (tertiary/aromatic N) is 1. The Kier molecular flexibility index (Phi) is 6.40. The van der Waals surface area contributed by atoms with Gasteiger partial charge in [0.05, 0.1) is 6.04 Å². The molecule has 0 radical (unpaired) electrons. The first-order valence-corrected chi connectivity index (χ1v) is 8.45. The minimum atomic E-state index is -0.438. The van der Waals surface area contributed by atoms with Gasteiger partial charge in [-0.25, -0.2) is 0 Å². The van der Waals surface area contributed by atoms with Gasteiger partial charge in [0.25, 0.3) is 0 Å². The third-order valence-electron chi connectivity index (χ3n) is 4.57. The summed E-state index contributed by atoms with van der Waals surface area (Å²) in [7, 11) is 0. The van der Waals surface area contributed by atoms with Crippen molar-refractivity contribution < 1.29 is 4.79 Å². The number of likely N-dealkylation sites (N-methyl/N-ethyl adjacent to an activating group) is 1. The lowest BCUT2D eigenvalue weighted by Crippen LogP contribution is -2.55. The summed E-state index contributed by atoms with van der Waals surface area (Å²) < 4.78 is 0. The number of carbonyl (C=O) groups is 1. The van der Waals surface area contributed by atoms with Gasteiger partial charge in [-0.1, -0.05) is 50.1 Å². The first-order valence-electron chi connectivity index (χ1n) is 8.45. The Morgan fingerprint density at radius 3 is 2.64 bits per heavy atom. The molecule has 0 spiro atoms. The lowest BCUT2D eigenvalue weighted by atomic mass is 9.88. The molecule has 0 heterocycles. The first kappa shape index (κ1) is 17.0. The minimum Gasteiger partial charge on any atom is -0.350 e. The van der Waals surface area contributed by atoms with Crippen LogP contribution < -0.4 is 11.1 Å². The molecule has 122 valence electrons. The van der Waals surface area contributed by atoms with Gasteiger partial charge in [0.1, 0.15) is 0 Å². The van der Waals surface area contributed by atoms with Crippen molar-refractivity contribution in [2.45, 2.75) is 64.2 Å². The second-order valence-corrected chi connectivity index (χ2v) is 6.30. The van der Waals surface area contributed by atoms with E-state index in [1.807, 2.05) is 6.07 Å². The van der Waals surface area contributed by atoms with Crippen LogP contribution in [-0.4, -0.2) is 35.5 Å². The van der Waals surface area contributed by atoms with Gasteiger partial charge >= 0.3 is 0 Å². The van der Waals surface area contributed by atoms with Crippen LogP contribution in [0.2, 0.25) is 0 Å². The van der Waals surface area contributed by atoms with Crippen molar-refractivity contribution >= 4 is 5.91 Å². The van der Waals surface area contributed by atoms with Crippen LogP contribution in [0.4, 0.5) is 0 Å². The number of nitrogens with two attached hydrogens (primary N) is 1. The summed E-state index contributed by atoms with van der Waals surface area (Å²) in [5.41, 5.74) is 7.03. The zero-order chi connectivity index (χ0) is 15.9. The van der Waals surface area contributed by atoms with Crippen molar-refractivity contribution in [2.75, 3.05) is 6.54 Å². The van der Waals surface area contributed by atoms with E-state index in [1.54, 1.807) is 6.92 Å². The minimum absolute atomic E-state index is 0.0346. The highest BCUT2D eigenvalue weighted by atomic mass is 16.2. The molecule has 0 bridgehead atoms. The van der Waals surface area contributed by atoms with Crippen LogP contribution in [0.5, 0.6) is 0 Å². The molecule has 1 fully saturated rings. The summed E-state index contributed by atoms with van der Waals surface area (Å²) in [5.74, 6) is -0.0346. The van der Waals surface area contributed by atoms with E-state index in [0.29, 0.717) is 6.04 Å². The number of hydrogen-bond acceptors (Lipinski definition) is 3. The monoisotopic (exact) mass is 303 g/mol. The van der Waals surface area contributed by atoms with Crippen LogP contribution in [0, 0.1) is 0 Å². The molecule has 22 heavy (non-hydrogen) atoms. The molecular weight excluding hydrogens is 274 g/mol. The summed E-state index contributed by atoms with van der Waals surface area (Å²) in [6.07, 6.45) is 4.61. The topological polar surface area (TPSA) is 58.4 Å². The summed E-state index contributed by atoms with van der Waals surface area (Å²) >= 11 is 0. The third-order valence-corrected chi connectivity index (χ3v) is 4.57. The van der Waals surface area contributed by atoms with Crippen LogP contribution in [0.3, 0.4) is 0 Å². The molecule has 2 rings (SSSR count). The molecule has 1 amide bonds. The molecule has 1 aliphatic carbocycles. The number of hydrogen-bond donors (Lipinski definition) is 2. The molecule has 0 saturated heterocycles. The number of carbonyl (C=O) groups excluding carboxylic acids is 1. The molecule has 1 saturated carbocycles. The van der Waals surface area contributed by atoms with E-state index in [4.69, 9.17) is 5.73 Å². The molecule has 4 nitrogen and oxygen atoms in total. The predicted molar refractivity (Wildman–Crippen MR) is 90.4 cm³/mol. The molecule has 0 aromatic heterocycles. The maximum Gasteiger partial charge on any atom is 0.236 e. The molecule has 3 N–H and O–H groups in total. The Hall–Kier alpha value is -1.39. The van der Waals surface area contributed by atoms with E-state index in [0.717, 1.165) is 25.9 Å². The van der Waals surface area contributed by atoms with Crippen LogP contribution in [0.1, 0.15) is 45.1 Å². The largest absolute Gasteiger partial charge is 0.350 e. The van der Waals surface area contributed by atoms with Crippen LogP contribution in [0.15, 0.2) is 30.3 Å². The second-order valence-electron chi connectivity index (χ2n) is 6.30. The fourth-order valence-electron chi connectivity index (χ4n) is 3.31. The van der Waals surface area contributed by atoms with E-state index in [-0.39, 0.29) is 11.9 Å². The predicted octanol–water partition coefficient (Wildman–Crippen LogP) is 2.28. The molecule has 3 atom stereocenters. The lowest BCUT2D eigenvalue weighted by molar-refractivity contribution is -0.123. The van der Waals surface area contributed by atoms with Crippen LogP contribution in [-0.2, 0) is 11.3 Å².